The topological polar surface area (TPSA) is 96.2 Å². The third-order valence-corrected chi connectivity index (χ3v) is 9.15. The fourth-order valence-electron chi connectivity index (χ4n) is 7.01. The molecule has 1 aliphatic carbocycles. The molecule has 0 bridgehead atoms. The molecule has 3 atom stereocenters. The highest BCUT2D eigenvalue weighted by Crippen LogP contribution is 2.34. The fourth-order valence-corrected chi connectivity index (χ4v) is 7.01. The highest BCUT2D eigenvalue weighted by atomic mass is 19.1. The summed E-state index contributed by atoms with van der Waals surface area (Å²) in [7, 11) is 0. The molecule has 1 N–H and O–H groups in total. The molecule has 10 heteroatoms. The molecule has 3 aromatic rings. The van der Waals surface area contributed by atoms with Crippen molar-refractivity contribution in [1.82, 2.24) is 34.9 Å². The van der Waals surface area contributed by atoms with Gasteiger partial charge in [-0.05, 0) is 62.6 Å². The van der Waals surface area contributed by atoms with E-state index in [2.05, 4.69) is 25.3 Å². The van der Waals surface area contributed by atoms with Crippen LogP contribution in [0.25, 0.3) is 5.82 Å². The Morgan fingerprint density at radius 3 is 2.51 bits per heavy atom. The van der Waals surface area contributed by atoms with Crippen LogP contribution in [0.4, 0.5) is 4.39 Å². The minimum absolute atomic E-state index is 0.0249. The van der Waals surface area contributed by atoms with E-state index in [1.54, 1.807) is 29.3 Å². The van der Waals surface area contributed by atoms with Crippen LogP contribution in [-0.2, 0) is 4.79 Å². The number of aromatic nitrogens is 4. The zero-order chi connectivity index (χ0) is 28.5. The minimum atomic E-state index is -0.282. The number of nitrogens with zero attached hydrogens (tertiary/aromatic N) is 6. The molecular formula is C31H38FN7O2. The van der Waals surface area contributed by atoms with Crippen molar-refractivity contribution in [2.45, 2.75) is 52.0 Å². The number of benzene rings is 1. The quantitative estimate of drug-likeness (QED) is 0.450. The van der Waals surface area contributed by atoms with Crippen LogP contribution >= 0.6 is 0 Å². The van der Waals surface area contributed by atoms with Crippen LogP contribution in [0, 0.1) is 37.4 Å². The number of hydrogen-bond acceptors (Lipinski definition) is 6. The van der Waals surface area contributed by atoms with E-state index in [1.807, 2.05) is 24.8 Å². The van der Waals surface area contributed by atoms with Gasteiger partial charge in [0, 0.05) is 51.0 Å². The summed E-state index contributed by atoms with van der Waals surface area (Å²) in [5.74, 6) is 1.33. The highest BCUT2D eigenvalue weighted by Gasteiger charge is 2.42. The fraction of sp³-hybridized carbons (Fsp3) is 0.516. The van der Waals surface area contributed by atoms with E-state index in [9.17, 15) is 14.0 Å². The lowest BCUT2D eigenvalue weighted by Gasteiger charge is -2.26. The SMILES string of the molecule is Cc1nn(-c2cnccn2)c(C)c1C(=O)N1CC2CN(CCC(NC(=O)C3CCCC3)c3cccc(F)c3)C[C@H]2C1. The Hall–Kier alpha value is -3.66. The summed E-state index contributed by atoms with van der Waals surface area (Å²) >= 11 is 0. The molecule has 1 aromatic carbocycles. The van der Waals surface area contributed by atoms with Crippen molar-refractivity contribution < 1.29 is 14.0 Å². The number of rotatable bonds is 8. The number of carbonyl (C=O) groups excluding carboxylic acids is 2. The van der Waals surface area contributed by atoms with Gasteiger partial charge in [0.2, 0.25) is 5.91 Å². The molecule has 2 amide bonds. The van der Waals surface area contributed by atoms with Gasteiger partial charge in [-0.25, -0.2) is 14.1 Å². The zero-order valence-electron chi connectivity index (χ0n) is 23.8. The predicted molar refractivity (Wildman–Crippen MR) is 152 cm³/mol. The van der Waals surface area contributed by atoms with E-state index < -0.39 is 0 Å². The molecule has 3 fully saturated rings. The van der Waals surface area contributed by atoms with Crippen LogP contribution in [0.15, 0.2) is 42.9 Å². The second-order valence-corrected chi connectivity index (χ2v) is 11.9. The maximum atomic E-state index is 14.1. The molecule has 1 saturated carbocycles. The van der Waals surface area contributed by atoms with Crippen LogP contribution in [-0.4, -0.2) is 74.1 Å². The first-order chi connectivity index (χ1) is 19.9. The molecule has 3 aliphatic rings. The summed E-state index contributed by atoms with van der Waals surface area (Å²) in [6, 6.07) is 6.39. The van der Waals surface area contributed by atoms with E-state index in [1.165, 1.54) is 12.1 Å². The van der Waals surface area contributed by atoms with Crippen molar-refractivity contribution in [3.63, 3.8) is 0 Å². The molecule has 4 heterocycles. The third kappa shape index (κ3) is 5.75. The summed E-state index contributed by atoms with van der Waals surface area (Å²) in [4.78, 5) is 39.4. The van der Waals surface area contributed by atoms with Gasteiger partial charge in [-0.15, -0.1) is 0 Å². The van der Waals surface area contributed by atoms with Crippen molar-refractivity contribution in [2.75, 3.05) is 32.7 Å². The van der Waals surface area contributed by atoms with E-state index in [-0.39, 0.29) is 29.6 Å². The Kier molecular flexibility index (Phi) is 7.84. The van der Waals surface area contributed by atoms with E-state index >= 15 is 0 Å². The maximum absolute atomic E-state index is 14.1. The predicted octanol–water partition coefficient (Wildman–Crippen LogP) is 3.86. The van der Waals surface area contributed by atoms with Crippen molar-refractivity contribution in [3.05, 3.63) is 71.2 Å². The Morgan fingerprint density at radius 2 is 1.83 bits per heavy atom. The number of nitrogens with one attached hydrogen (secondary N) is 1. The van der Waals surface area contributed by atoms with Gasteiger partial charge in [0.05, 0.1) is 29.2 Å². The number of fused-ring (bicyclic) bond motifs is 1. The van der Waals surface area contributed by atoms with Gasteiger partial charge in [-0.1, -0.05) is 25.0 Å². The van der Waals surface area contributed by atoms with Crippen LogP contribution in [0.3, 0.4) is 0 Å². The molecule has 216 valence electrons. The Labute approximate surface area is 240 Å². The second kappa shape index (κ2) is 11.7. The summed E-state index contributed by atoms with van der Waals surface area (Å²) in [6.45, 7) is 7.86. The lowest BCUT2D eigenvalue weighted by Crippen LogP contribution is -2.37. The molecule has 6 rings (SSSR count). The molecular weight excluding hydrogens is 521 g/mol. The first-order valence-electron chi connectivity index (χ1n) is 14.8. The van der Waals surface area contributed by atoms with E-state index in [0.29, 0.717) is 28.9 Å². The molecule has 2 aromatic heterocycles. The molecule has 9 nitrogen and oxygen atoms in total. The van der Waals surface area contributed by atoms with E-state index in [0.717, 1.165) is 76.1 Å². The molecule has 2 unspecified atom stereocenters. The van der Waals surface area contributed by atoms with Gasteiger partial charge in [-0.2, -0.15) is 5.10 Å². The van der Waals surface area contributed by atoms with E-state index in [4.69, 9.17) is 0 Å². The summed E-state index contributed by atoms with van der Waals surface area (Å²) in [5.41, 5.74) is 2.93. The molecule has 0 spiro atoms. The summed E-state index contributed by atoms with van der Waals surface area (Å²) in [6.07, 6.45) is 9.67. The van der Waals surface area contributed by atoms with Gasteiger partial charge in [0.25, 0.3) is 5.91 Å². The van der Waals surface area contributed by atoms with Crippen LogP contribution < -0.4 is 5.32 Å². The molecule has 41 heavy (non-hydrogen) atoms. The highest BCUT2D eigenvalue weighted by molar-refractivity contribution is 5.96. The number of carbonyl (C=O) groups is 2. The number of aryl methyl sites for hydroxylation is 1. The lowest BCUT2D eigenvalue weighted by molar-refractivity contribution is -0.125. The third-order valence-electron chi connectivity index (χ3n) is 9.15. The standard InChI is InChI=1S/C31H38FN7O2/c1-20-29(21(2)39(36-20)28-15-33-11-12-34-28)31(41)38-18-24-16-37(17-25(24)19-38)13-10-27(23-8-5-9-26(32)14-23)35-30(40)22-6-3-4-7-22/h5,8-9,11-12,14-15,22,24-25,27H,3-4,6-7,10,13,16-19H2,1-2H3,(H,35,40)/t24-,25?,27?/m0/s1. The molecule has 2 saturated heterocycles. The molecule has 2 aliphatic heterocycles. The van der Waals surface area contributed by atoms with Gasteiger partial charge in [-0.3, -0.25) is 14.6 Å². The minimum Gasteiger partial charge on any atom is -0.349 e. The van der Waals surface area contributed by atoms with Crippen molar-refractivity contribution in [1.29, 1.82) is 0 Å². The Bertz CT molecular complexity index is 1390. The Morgan fingerprint density at radius 1 is 1.07 bits per heavy atom. The average molecular weight is 560 g/mol. The summed E-state index contributed by atoms with van der Waals surface area (Å²) < 4.78 is 15.7. The summed E-state index contributed by atoms with van der Waals surface area (Å²) in [5, 5.41) is 7.82. The van der Waals surface area contributed by atoms with Crippen molar-refractivity contribution >= 4 is 11.8 Å². The van der Waals surface area contributed by atoms with Crippen LogP contribution in [0.5, 0.6) is 0 Å². The van der Waals surface area contributed by atoms with Crippen molar-refractivity contribution in [2.24, 2.45) is 17.8 Å². The van der Waals surface area contributed by atoms with Gasteiger partial charge < -0.3 is 15.1 Å². The van der Waals surface area contributed by atoms with Crippen LogP contribution in [0.1, 0.15) is 65.5 Å². The largest absolute Gasteiger partial charge is 0.349 e. The smallest absolute Gasteiger partial charge is 0.257 e. The number of halogens is 1. The van der Waals surface area contributed by atoms with Crippen LogP contribution in [0.2, 0.25) is 0 Å². The van der Waals surface area contributed by atoms with Gasteiger partial charge in [0.15, 0.2) is 5.82 Å². The first kappa shape index (κ1) is 27.5. The zero-order valence-corrected chi connectivity index (χ0v) is 23.8. The average Bonchev–Trinajstić information content (AvgIpc) is 3.75. The van der Waals surface area contributed by atoms with Gasteiger partial charge >= 0.3 is 0 Å². The lowest BCUT2D eigenvalue weighted by atomic mass is 10.0. The maximum Gasteiger partial charge on any atom is 0.257 e. The molecule has 0 radical (unpaired) electrons. The first-order valence-corrected chi connectivity index (χ1v) is 14.8. The van der Waals surface area contributed by atoms with Crippen molar-refractivity contribution in [3.8, 4) is 5.82 Å². The number of likely N-dealkylation sites (tertiary alicyclic amines) is 2. The second-order valence-electron chi connectivity index (χ2n) is 11.9. The van der Waals surface area contributed by atoms with Gasteiger partial charge in [0.1, 0.15) is 5.82 Å². The number of amides is 2. The monoisotopic (exact) mass is 559 g/mol. The number of hydrogen-bond donors (Lipinski definition) is 1. The normalized spacial score (nSPS) is 21.8. The Balaban J connectivity index is 1.07.